The number of nitrogens with one attached hydrogen (secondary N) is 1. The van der Waals surface area contributed by atoms with Gasteiger partial charge in [-0.25, -0.2) is 9.59 Å². The summed E-state index contributed by atoms with van der Waals surface area (Å²) in [7, 11) is 3.33. The number of aryl methyl sites for hydroxylation is 1. The summed E-state index contributed by atoms with van der Waals surface area (Å²) in [6.07, 6.45) is 0.767. The first-order valence-corrected chi connectivity index (χ1v) is 11.5. The number of fused-ring (bicyclic) bond motifs is 1. The van der Waals surface area contributed by atoms with E-state index < -0.39 is 17.6 Å². The zero-order chi connectivity index (χ0) is 25.8. The number of amides is 3. The van der Waals surface area contributed by atoms with Crippen LogP contribution in [0.5, 0.6) is 0 Å². The molecule has 1 fully saturated rings. The van der Waals surface area contributed by atoms with Crippen molar-refractivity contribution in [3.63, 3.8) is 0 Å². The first-order chi connectivity index (χ1) is 16.5. The maximum Gasteiger partial charge on any atom is 0.410 e. The Morgan fingerprint density at radius 1 is 1.23 bits per heavy atom. The molecule has 1 atom stereocenters. The Morgan fingerprint density at radius 3 is 2.66 bits per heavy atom. The molecule has 1 aromatic carbocycles. The lowest BCUT2D eigenvalue weighted by molar-refractivity contribution is -0.135. The fourth-order valence-corrected chi connectivity index (χ4v) is 3.77. The Kier molecular flexibility index (Phi) is 8.02. The minimum absolute atomic E-state index is 0.195. The van der Waals surface area contributed by atoms with Gasteiger partial charge in [-0.1, -0.05) is 11.8 Å². The lowest BCUT2D eigenvalue weighted by atomic mass is 10.1. The van der Waals surface area contributed by atoms with Crippen molar-refractivity contribution in [3.05, 3.63) is 34.2 Å². The summed E-state index contributed by atoms with van der Waals surface area (Å²) in [6.45, 7) is 6.66. The molecule has 0 aliphatic carbocycles. The van der Waals surface area contributed by atoms with Crippen molar-refractivity contribution < 1.29 is 23.9 Å². The number of benzene rings is 1. The number of carbonyl (C=O) groups excluding carboxylic acids is 3. The van der Waals surface area contributed by atoms with Gasteiger partial charge in [-0.05, 0) is 51.8 Å². The molecule has 1 N–H and O–H groups in total. The second-order valence-electron chi connectivity index (χ2n) is 9.49. The summed E-state index contributed by atoms with van der Waals surface area (Å²) in [5.74, 6) is 5.19. The molecule has 2 aromatic rings. The van der Waals surface area contributed by atoms with Gasteiger partial charge in [0.2, 0.25) is 11.8 Å². The fourth-order valence-electron chi connectivity index (χ4n) is 3.77. The van der Waals surface area contributed by atoms with E-state index in [0.29, 0.717) is 36.2 Å². The van der Waals surface area contributed by atoms with Gasteiger partial charge in [-0.15, -0.1) is 0 Å². The lowest BCUT2D eigenvalue weighted by Crippen LogP contribution is -2.44. The van der Waals surface area contributed by atoms with E-state index in [1.54, 1.807) is 32.3 Å². The maximum atomic E-state index is 12.8. The molecule has 3 amide bonds. The van der Waals surface area contributed by atoms with Crippen LogP contribution in [0.1, 0.15) is 51.6 Å². The lowest BCUT2D eigenvalue weighted by Gasteiger charge is -2.24. The van der Waals surface area contributed by atoms with Crippen LogP contribution in [0.4, 0.5) is 4.79 Å². The highest BCUT2D eigenvalue weighted by Crippen LogP contribution is 2.23. The van der Waals surface area contributed by atoms with Crippen molar-refractivity contribution in [3.8, 4) is 11.8 Å². The summed E-state index contributed by atoms with van der Waals surface area (Å²) in [5, 5.41) is 2.30. The Morgan fingerprint density at radius 2 is 1.97 bits per heavy atom. The summed E-state index contributed by atoms with van der Waals surface area (Å²) in [6, 6.07) is 4.62. The molecule has 3 rings (SSSR count). The SMILES string of the molecule is CN(CCCOCC#Cc1ccc2c(c1)n(C)c(=O)n2C1CCC(=O)NC1=O)C(=O)OC(C)(C)C. The molecule has 1 aromatic heterocycles. The topological polar surface area (TPSA) is 112 Å². The highest BCUT2D eigenvalue weighted by atomic mass is 16.6. The van der Waals surface area contributed by atoms with E-state index in [0.717, 1.165) is 0 Å². The van der Waals surface area contributed by atoms with Gasteiger partial charge in [0.25, 0.3) is 0 Å². The average Bonchev–Trinajstić information content (AvgIpc) is 3.02. The van der Waals surface area contributed by atoms with Crippen molar-refractivity contribution in [1.29, 1.82) is 0 Å². The smallest absolute Gasteiger partial charge is 0.410 e. The minimum Gasteiger partial charge on any atom is -0.444 e. The zero-order valence-corrected chi connectivity index (χ0v) is 20.8. The second-order valence-corrected chi connectivity index (χ2v) is 9.49. The van der Waals surface area contributed by atoms with Crippen LogP contribution < -0.4 is 11.0 Å². The normalized spacial score (nSPS) is 16.0. The van der Waals surface area contributed by atoms with E-state index in [4.69, 9.17) is 9.47 Å². The highest BCUT2D eigenvalue weighted by molar-refractivity contribution is 6.00. The molecule has 10 heteroatoms. The number of aromatic nitrogens is 2. The Hall–Kier alpha value is -3.58. The largest absolute Gasteiger partial charge is 0.444 e. The first kappa shape index (κ1) is 26.0. The van der Waals surface area contributed by atoms with Crippen LogP contribution >= 0.6 is 0 Å². The van der Waals surface area contributed by atoms with Gasteiger partial charge in [0, 0.05) is 39.2 Å². The van der Waals surface area contributed by atoms with E-state index in [-0.39, 0.29) is 37.1 Å². The summed E-state index contributed by atoms with van der Waals surface area (Å²) in [5.41, 5.74) is 1.13. The average molecular weight is 485 g/mol. The van der Waals surface area contributed by atoms with Gasteiger partial charge in [-0.3, -0.25) is 24.0 Å². The van der Waals surface area contributed by atoms with Crippen LogP contribution in [-0.2, 0) is 26.1 Å². The Bertz CT molecular complexity index is 1240. The van der Waals surface area contributed by atoms with Crippen LogP contribution in [0, 0.1) is 11.8 Å². The van der Waals surface area contributed by atoms with Crippen molar-refractivity contribution >= 4 is 28.9 Å². The molecular formula is C25H32N4O6. The Labute approximate surface area is 204 Å². The molecule has 35 heavy (non-hydrogen) atoms. The molecule has 0 bridgehead atoms. The number of imidazole rings is 1. The number of ether oxygens (including phenoxy) is 2. The van der Waals surface area contributed by atoms with Crippen LogP contribution in [0.3, 0.4) is 0 Å². The molecule has 1 saturated heterocycles. The van der Waals surface area contributed by atoms with Gasteiger partial charge < -0.3 is 14.4 Å². The van der Waals surface area contributed by atoms with Crippen LogP contribution in [0.15, 0.2) is 23.0 Å². The van der Waals surface area contributed by atoms with E-state index >= 15 is 0 Å². The van der Waals surface area contributed by atoms with Gasteiger partial charge >= 0.3 is 11.8 Å². The molecule has 0 saturated carbocycles. The number of piperidine rings is 1. The maximum absolute atomic E-state index is 12.8. The summed E-state index contributed by atoms with van der Waals surface area (Å²) in [4.78, 5) is 50.0. The van der Waals surface area contributed by atoms with Gasteiger partial charge in [0.15, 0.2) is 0 Å². The zero-order valence-electron chi connectivity index (χ0n) is 20.8. The predicted octanol–water partition coefficient (Wildman–Crippen LogP) is 1.94. The van der Waals surface area contributed by atoms with Gasteiger partial charge in [0.1, 0.15) is 18.2 Å². The number of hydrogen-bond acceptors (Lipinski definition) is 6. The van der Waals surface area contributed by atoms with Crippen molar-refractivity contribution in [2.75, 3.05) is 26.8 Å². The molecule has 1 aliphatic heterocycles. The van der Waals surface area contributed by atoms with Crippen LogP contribution in [-0.4, -0.2) is 64.3 Å². The summed E-state index contributed by atoms with van der Waals surface area (Å²) < 4.78 is 13.8. The van der Waals surface area contributed by atoms with Gasteiger partial charge in [-0.2, -0.15) is 0 Å². The van der Waals surface area contributed by atoms with E-state index in [1.807, 2.05) is 20.8 Å². The quantitative estimate of drug-likeness (QED) is 0.381. The third-order valence-electron chi connectivity index (χ3n) is 5.51. The monoisotopic (exact) mass is 484 g/mol. The minimum atomic E-state index is -0.719. The molecule has 10 nitrogen and oxygen atoms in total. The number of imide groups is 1. The van der Waals surface area contributed by atoms with Crippen LogP contribution in [0.25, 0.3) is 11.0 Å². The van der Waals surface area contributed by atoms with Crippen molar-refractivity contribution in [2.45, 2.75) is 51.7 Å². The molecule has 188 valence electrons. The Balaban J connectivity index is 1.56. The molecule has 0 radical (unpaired) electrons. The predicted molar refractivity (Wildman–Crippen MR) is 130 cm³/mol. The molecule has 1 unspecified atom stereocenters. The first-order valence-electron chi connectivity index (χ1n) is 11.5. The number of rotatable bonds is 6. The van der Waals surface area contributed by atoms with Crippen LogP contribution in [0.2, 0.25) is 0 Å². The number of nitrogens with zero attached hydrogens (tertiary/aromatic N) is 3. The van der Waals surface area contributed by atoms with Crippen molar-refractivity contribution in [2.24, 2.45) is 7.05 Å². The van der Waals surface area contributed by atoms with Gasteiger partial charge in [0.05, 0.1) is 11.0 Å². The standard InChI is InChI=1S/C25H32N4O6/c1-25(2,3)35-24(33)27(4)13-7-15-34-14-6-8-17-9-10-18-20(16-17)28(5)23(32)29(18)19-11-12-21(30)26-22(19)31/h9-10,16,19H,7,11-15H2,1-5H3,(H,26,30,31). The van der Waals surface area contributed by atoms with E-state index in [2.05, 4.69) is 17.2 Å². The van der Waals surface area contributed by atoms with E-state index in [9.17, 15) is 19.2 Å². The third-order valence-corrected chi connectivity index (χ3v) is 5.51. The second kappa shape index (κ2) is 10.8. The molecular weight excluding hydrogens is 452 g/mol. The van der Waals surface area contributed by atoms with E-state index in [1.165, 1.54) is 14.0 Å². The molecule has 0 spiro atoms. The van der Waals surface area contributed by atoms with Crippen molar-refractivity contribution in [1.82, 2.24) is 19.4 Å². The number of hydrogen-bond donors (Lipinski definition) is 1. The third kappa shape index (κ3) is 6.51. The molecule has 1 aliphatic rings. The summed E-state index contributed by atoms with van der Waals surface area (Å²) >= 11 is 0. The fraction of sp³-hybridized carbons (Fsp3) is 0.520. The molecule has 2 heterocycles. The highest BCUT2D eigenvalue weighted by Gasteiger charge is 2.31. The number of carbonyl (C=O) groups is 3.